The number of allylic oxidation sites excluding steroid dienone is 14. The van der Waals surface area contributed by atoms with Crippen LogP contribution in [0.3, 0.4) is 0 Å². The topological polar surface area (TPSA) is 108 Å². The van der Waals surface area contributed by atoms with E-state index in [2.05, 4.69) is 98.9 Å². The van der Waals surface area contributed by atoms with Crippen LogP contribution >= 0.6 is 7.82 Å². The number of likely N-dealkylation sites (N-methyl/N-ethyl adjacent to an activating group) is 1. The van der Waals surface area contributed by atoms with Crippen molar-refractivity contribution in [2.24, 2.45) is 0 Å². The standard InChI is InChI=1S/C74H134NO8P/c1-6-8-10-12-14-16-18-20-22-24-26-28-30-32-34-36-37-39-40-42-44-46-48-50-52-54-56-58-60-62-64-66-73(76)80-70-72(71-82-84(78,79)81-69-68-75(3,4)5)83-74(77)67-65-63-61-59-57-55-53-51-49-47-45-43-41-38-35-33-31-29-27-25-23-21-19-17-15-13-11-9-7-2/h9,11,15,17,21,23-24,26-27,29,33,35,41,43,72H,6-8,10,12-14,16,18-20,22,25,28,30-32,34,36-40,42,44-71H2,1-5H3/p+1/b11-9-,17-15-,23-21-,26-24-,29-27-,35-33-,43-41-. The lowest BCUT2D eigenvalue weighted by Crippen LogP contribution is -2.37. The Bertz CT molecular complexity index is 1690. The number of carbonyl (C=O) groups excluding carboxylic acids is 2. The minimum absolute atomic E-state index is 0.0289. The lowest BCUT2D eigenvalue weighted by Gasteiger charge is -2.24. The van der Waals surface area contributed by atoms with Crippen LogP contribution in [0.15, 0.2) is 85.1 Å². The third-order valence-electron chi connectivity index (χ3n) is 15.4. The van der Waals surface area contributed by atoms with Gasteiger partial charge in [0, 0.05) is 12.8 Å². The first-order valence-corrected chi connectivity index (χ1v) is 36.8. The number of phosphoric ester groups is 1. The van der Waals surface area contributed by atoms with Crippen LogP contribution in [0.4, 0.5) is 0 Å². The zero-order valence-corrected chi connectivity index (χ0v) is 56.5. The molecule has 0 fully saturated rings. The highest BCUT2D eigenvalue weighted by Crippen LogP contribution is 2.43. The highest BCUT2D eigenvalue weighted by molar-refractivity contribution is 7.47. The molecular formula is C74H135NO8P+. The Hall–Kier alpha value is -2.81. The zero-order valence-electron chi connectivity index (χ0n) is 55.6. The fourth-order valence-corrected chi connectivity index (χ4v) is 10.8. The summed E-state index contributed by atoms with van der Waals surface area (Å²) in [7, 11) is 1.48. The molecule has 0 rings (SSSR count). The van der Waals surface area contributed by atoms with Gasteiger partial charge in [0.15, 0.2) is 6.10 Å². The molecule has 0 aromatic heterocycles. The number of hydrogen-bond acceptors (Lipinski definition) is 7. The Labute approximate surface area is 520 Å². The molecular weight excluding hydrogens is 1060 g/mol. The normalized spacial score (nSPS) is 13.6. The van der Waals surface area contributed by atoms with Gasteiger partial charge in [0.2, 0.25) is 0 Å². The first-order valence-electron chi connectivity index (χ1n) is 35.3. The van der Waals surface area contributed by atoms with E-state index in [9.17, 15) is 19.0 Å². The number of carbonyl (C=O) groups is 2. The molecule has 84 heavy (non-hydrogen) atoms. The van der Waals surface area contributed by atoms with Gasteiger partial charge in [-0.2, -0.15) is 0 Å². The van der Waals surface area contributed by atoms with Crippen molar-refractivity contribution in [3.05, 3.63) is 85.1 Å². The third-order valence-corrected chi connectivity index (χ3v) is 16.4. The molecule has 0 bridgehead atoms. The van der Waals surface area contributed by atoms with Crippen molar-refractivity contribution in [3.8, 4) is 0 Å². The molecule has 0 amide bonds. The van der Waals surface area contributed by atoms with Gasteiger partial charge < -0.3 is 18.9 Å². The maximum Gasteiger partial charge on any atom is 0.472 e. The summed E-state index contributed by atoms with van der Waals surface area (Å²) in [6, 6.07) is 0. The van der Waals surface area contributed by atoms with E-state index < -0.39 is 26.5 Å². The van der Waals surface area contributed by atoms with Gasteiger partial charge in [0.05, 0.1) is 27.7 Å². The van der Waals surface area contributed by atoms with Crippen molar-refractivity contribution in [1.82, 2.24) is 0 Å². The summed E-state index contributed by atoms with van der Waals surface area (Å²) in [5.74, 6) is -0.793. The van der Waals surface area contributed by atoms with Crippen LogP contribution in [-0.4, -0.2) is 74.9 Å². The number of quaternary nitrogens is 1. The highest BCUT2D eigenvalue weighted by atomic mass is 31.2. The number of phosphoric acid groups is 1. The minimum Gasteiger partial charge on any atom is -0.462 e. The quantitative estimate of drug-likeness (QED) is 0.0211. The Morgan fingerprint density at radius 3 is 1.02 bits per heavy atom. The summed E-state index contributed by atoms with van der Waals surface area (Å²) < 4.78 is 34.7. The minimum atomic E-state index is -4.40. The van der Waals surface area contributed by atoms with E-state index >= 15 is 0 Å². The number of ether oxygens (including phenoxy) is 2. The van der Waals surface area contributed by atoms with Crippen molar-refractivity contribution >= 4 is 19.8 Å². The second kappa shape index (κ2) is 64.7. The van der Waals surface area contributed by atoms with Crippen LogP contribution in [0.5, 0.6) is 0 Å². The van der Waals surface area contributed by atoms with E-state index in [0.29, 0.717) is 17.4 Å². The van der Waals surface area contributed by atoms with E-state index in [1.54, 1.807) is 0 Å². The van der Waals surface area contributed by atoms with Crippen LogP contribution in [0.25, 0.3) is 0 Å². The van der Waals surface area contributed by atoms with Crippen molar-refractivity contribution in [3.63, 3.8) is 0 Å². The number of hydrogen-bond donors (Lipinski definition) is 1. The van der Waals surface area contributed by atoms with E-state index in [4.69, 9.17) is 18.5 Å². The molecule has 0 radical (unpaired) electrons. The highest BCUT2D eigenvalue weighted by Gasteiger charge is 2.27. The monoisotopic (exact) mass is 1200 g/mol. The van der Waals surface area contributed by atoms with Crippen molar-refractivity contribution < 1.29 is 42.1 Å². The van der Waals surface area contributed by atoms with Gasteiger partial charge in [0.1, 0.15) is 19.8 Å². The van der Waals surface area contributed by atoms with Crippen LogP contribution in [0.1, 0.15) is 322 Å². The number of esters is 2. The first-order chi connectivity index (χ1) is 41.0. The van der Waals surface area contributed by atoms with Crippen molar-refractivity contribution in [2.75, 3.05) is 47.5 Å². The first kappa shape index (κ1) is 81.2. The molecule has 2 atom stereocenters. The van der Waals surface area contributed by atoms with Crippen LogP contribution in [-0.2, 0) is 32.7 Å². The summed E-state index contributed by atoms with van der Waals surface area (Å²) >= 11 is 0. The van der Waals surface area contributed by atoms with Gasteiger partial charge in [0.25, 0.3) is 0 Å². The molecule has 488 valence electrons. The van der Waals surface area contributed by atoms with E-state index in [0.717, 1.165) is 83.5 Å². The van der Waals surface area contributed by atoms with Gasteiger partial charge in [-0.15, -0.1) is 0 Å². The summed E-state index contributed by atoms with van der Waals surface area (Å²) in [5, 5.41) is 0. The SMILES string of the molecule is CC/C=C\C/C=C\C/C=C\C/C=C\C/C=C\C/C=C\CCCCCCCCCCCCC(=O)OC(COC(=O)CCCCCCCCCCCCCCCCCCCCC/C=C\CCCCCCCCCC)COP(=O)(O)OCC[N+](C)(C)C. The molecule has 0 aromatic rings. The van der Waals surface area contributed by atoms with Crippen LogP contribution in [0, 0.1) is 0 Å². The van der Waals surface area contributed by atoms with Crippen molar-refractivity contribution in [1.29, 1.82) is 0 Å². The average molecular weight is 1200 g/mol. The number of nitrogens with zero attached hydrogens (tertiary/aromatic N) is 1. The Morgan fingerprint density at radius 1 is 0.381 bits per heavy atom. The van der Waals surface area contributed by atoms with Crippen molar-refractivity contribution in [2.45, 2.75) is 328 Å². The summed E-state index contributed by atoms with van der Waals surface area (Å²) in [4.78, 5) is 35.9. The maximum atomic E-state index is 12.9. The Kier molecular flexibility index (Phi) is 62.5. The average Bonchev–Trinajstić information content (AvgIpc) is 3.61. The molecule has 10 heteroatoms. The molecule has 0 aromatic carbocycles. The Morgan fingerprint density at radius 2 is 0.679 bits per heavy atom. The lowest BCUT2D eigenvalue weighted by atomic mass is 10.0. The third kappa shape index (κ3) is 68.3. The molecule has 0 heterocycles. The second-order valence-electron chi connectivity index (χ2n) is 24.9. The van der Waals surface area contributed by atoms with Gasteiger partial charge in [-0.25, -0.2) is 4.57 Å². The smallest absolute Gasteiger partial charge is 0.462 e. The van der Waals surface area contributed by atoms with E-state index in [1.165, 1.54) is 205 Å². The summed E-state index contributed by atoms with van der Waals surface area (Å²) in [5.41, 5.74) is 0. The predicted molar refractivity (Wildman–Crippen MR) is 362 cm³/mol. The fraction of sp³-hybridized carbons (Fsp3) is 0.784. The van der Waals surface area contributed by atoms with Gasteiger partial charge in [-0.3, -0.25) is 18.6 Å². The molecule has 9 nitrogen and oxygen atoms in total. The maximum absolute atomic E-state index is 12.9. The molecule has 2 unspecified atom stereocenters. The molecule has 1 N–H and O–H groups in total. The predicted octanol–water partition coefficient (Wildman–Crippen LogP) is 22.9. The van der Waals surface area contributed by atoms with Gasteiger partial charge >= 0.3 is 19.8 Å². The molecule has 0 aliphatic heterocycles. The van der Waals surface area contributed by atoms with Crippen LogP contribution < -0.4 is 0 Å². The Balaban J connectivity index is 4.04. The van der Waals surface area contributed by atoms with Gasteiger partial charge in [-0.05, 0) is 89.9 Å². The second-order valence-corrected chi connectivity index (χ2v) is 26.3. The largest absolute Gasteiger partial charge is 0.472 e. The van der Waals surface area contributed by atoms with Gasteiger partial charge in [-0.1, -0.05) is 304 Å². The summed E-state index contributed by atoms with van der Waals surface area (Å²) in [6.07, 6.45) is 88.3. The van der Waals surface area contributed by atoms with Crippen LogP contribution in [0.2, 0.25) is 0 Å². The molecule has 0 aliphatic carbocycles. The fourth-order valence-electron chi connectivity index (χ4n) is 10.0. The number of rotatable bonds is 65. The summed E-state index contributed by atoms with van der Waals surface area (Å²) in [6.45, 7) is 4.35. The van der Waals surface area contributed by atoms with E-state index in [1.807, 2.05) is 21.1 Å². The lowest BCUT2D eigenvalue weighted by molar-refractivity contribution is -0.870. The van der Waals surface area contributed by atoms with E-state index in [-0.39, 0.29) is 32.0 Å². The molecule has 0 saturated heterocycles. The molecule has 0 aliphatic rings. The zero-order chi connectivity index (χ0) is 61.2. The molecule has 0 saturated carbocycles. The number of unbranched alkanes of at least 4 members (excludes halogenated alkanes) is 37. The molecule has 0 spiro atoms.